The molecule has 1 aromatic heterocycles. The average Bonchev–Trinajstić information content (AvgIpc) is 2.59. The highest BCUT2D eigenvalue weighted by molar-refractivity contribution is 8.03. The first-order valence-corrected chi connectivity index (χ1v) is 5.51. The standard InChI is InChI=1S/C11H15NOS/c1-4-6-7-10(5-2)14-11-8-13-12-9(11)3/h5-8H,4H2,1-3H3/b7-6-,10-5+. The SMILES string of the molecule is C/C=C(\C=C/CC)Sc1conc1C. The minimum absolute atomic E-state index is 0.944. The van der Waals surface area contributed by atoms with Crippen LogP contribution in [0.4, 0.5) is 0 Å². The molecule has 0 amide bonds. The number of allylic oxidation sites excluding steroid dienone is 3. The van der Waals surface area contributed by atoms with Crippen LogP contribution in [-0.2, 0) is 0 Å². The summed E-state index contributed by atoms with van der Waals surface area (Å²) in [5.74, 6) is 0. The van der Waals surface area contributed by atoms with E-state index in [2.05, 4.69) is 30.3 Å². The molecule has 0 fully saturated rings. The topological polar surface area (TPSA) is 26.0 Å². The molecular weight excluding hydrogens is 194 g/mol. The van der Waals surface area contributed by atoms with Crippen LogP contribution in [0.25, 0.3) is 0 Å². The number of hydrogen-bond acceptors (Lipinski definition) is 3. The smallest absolute Gasteiger partial charge is 0.138 e. The first-order valence-electron chi connectivity index (χ1n) is 4.69. The molecule has 1 heterocycles. The van der Waals surface area contributed by atoms with E-state index in [1.165, 1.54) is 4.91 Å². The van der Waals surface area contributed by atoms with Gasteiger partial charge in [-0.2, -0.15) is 0 Å². The quantitative estimate of drug-likeness (QED) is 0.555. The Balaban J connectivity index is 2.67. The van der Waals surface area contributed by atoms with Gasteiger partial charge in [-0.05, 0) is 20.3 Å². The lowest BCUT2D eigenvalue weighted by atomic mass is 10.4. The van der Waals surface area contributed by atoms with E-state index in [9.17, 15) is 0 Å². The Morgan fingerprint density at radius 3 is 2.93 bits per heavy atom. The Morgan fingerprint density at radius 2 is 2.43 bits per heavy atom. The van der Waals surface area contributed by atoms with Crippen LogP contribution in [0.15, 0.2) is 38.8 Å². The Bertz CT molecular complexity index is 339. The van der Waals surface area contributed by atoms with Gasteiger partial charge < -0.3 is 4.52 Å². The van der Waals surface area contributed by atoms with Crippen molar-refractivity contribution in [1.82, 2.24) is 5.16 Å². The molecule has 0 N–H and O–H groups in total. The minimum atomic E-state index is 0.944. The van der Waals surface area contributed by atoms with Crippen molar-refractivity contribution in [1.29, 1.82) is 0 Å². The molecule has 14 heavy (non-hydrogen) atoms. The lowest BCUT2D eigenvalue weighted by molar-refractivity contribution is 0.413. The zero-order chi connectivity index (χ0) is 10.4. The molecule has 0 spiro atoms. The molecule has 0 aliphatic rings. The van der Waals surface area contributed by atoms with Gasteiger partial charge in [-0.25, -0.2) is 0 Å². The van der Waals surface area contributed by atoms with E-state index < -0.39 is 0 Å². The van der Waals surface area contributed by atoms with E-state index in [0.717, 1.165) is 17.0 Å². The average molecular weight is 209 g/mol. The Morgan fingerprint density at radius 1 is 1.64 bits per heavy atom. The maximum Gasteiger partial charge on any atom is 0.138 e. The van der Waals surface area contributed by atoms with Crippen molar-refractivity contribution in [2.24, 2.45) is 0 Å². The van der Waals surface area contributed by atoms with Gasteiger partial charge in [-0.1, -0.05) is 42.1 Å². The van der Waals surface area contributed by atoms with Crippen molar-refractivity contribution in [2.45, 2.75) is 32.1 Å². The summed E-state index contributed by atoms with van der Waals surface area (Å²) in [7, 11) is 0. The number of aryl methyl sites for hydroxylation is 1. The molecule has 0 radical (unpaired) electrons. The van der Waals surface area contributed by atoms with Crippen molar-refractivity contribution in [3.05, 3.63) is 35.1 Å². The van der Waals surface area contributed by atoms with Crippen LogP contribution in [0.2, 0.25) is 0 Å². The van der Waals surface area contributed by atoms with Crippen LogP contribution in [-0.4, -0.2) is 5.16 Å². The lowest BCUT2D eigenvalue weighted by Gasteiger charge is -1.98. The molecule has 3 heteroatoms. The summed E-state index contributed by atoms with van der Waals surface area (Å²) < 4.78 is 4.87. The highest BCUT2D eigenvalue weighted by atomic mass is 32.2. The lowest BCUT2D eigenvalue weighted by Crippen LogP contribution is -1.75. The molecule has 0 aliphatic heterocycles. The molecule has 0 unspecified atom stereocenters. The summed E-state index contributed by atoms with van der Waals surface area (Å²) in [5, 5.41) is 3.84. The van der Waals surface area contributed by atoms with Gasteiger partial charge in [0.1, 0.15) is 6.26 Å². The molecule has 0 atom stereocenters. The summed E-state index contributed by atoms with van der Waals surface area (Å²) in [6, 6.07) is 0. The fourth-order valence-electron chi connectivity index (χ4n) is 0.932. The fraction of sp³-hybridized carbons (Fsp3) is 0.364. The molecule has 0 bridgehead atoms. The molecule has 0 aliphatic carbocycles. The normalized spacial score (nSPS) is 12.6. The number of nitrogens with zero attached hydrogens (tertiary/aromatic N) is 1. The van der Waals surface area contributed by atoms with Gasteiger partial charge in [-0.3, -0.25) is 0 Å². The third kappa shape index (κ3) is 3.07. The number of aromatic nitrogens is 1. The molecule has 1 rings (SSSR count). The molecule has 2 nitrogen and oxygen atoms in total. The summed E-state index contributed by atoms with van der Waals surface area (Å²) in [6.45, 7) is 6.10. The summed E-state index contributed by atoms with van der Waals surface area (Å²) in [4.78, 5) is 2.30. The predicted molar refractivity (Wildman–Crippen MR) is 60.3 cm³/mol. The number of hydrogen-bond donors (Lipinski definition) is 0. The molecule has 0 saturated heterocycles. The summed E-state index contributed by atoms with van der Waals surface area (Å²) in [6.07, 6.45) is 9.09. The minimum Gasteiger partial charge on any atom is -0.363 e. The molecule has 76 valence electrons. The molecule has 0 saturated carbocycles. The van der Waals surface area contributed by atoms with Crippen LogP contribution in [0.1, 0.15) is 26.0 Å². The van der Waals surface area contributed by atoms with Gasteiger partial charge in [0, 0.05) is 4.91 Å². The van der Waals surface area contributed by atoms with Crippen molar-refractivity contribution in [2.75, 3.05) is 0 Å². The van der Waals surface area contributed by atoms with Gasteiger partial charge in [0.05, 0.1) is 10.6 Å². The first kappa shape index (κ1) is 11.1. The monoisotopic (exact) mass is 209 g/mol. The van der Waals surface area contributed by atoms with Crippen LogP contribution in [0.3, 0.4) is 0 Å². The second-order valence-electron chi connectivity index (χ2n) is 2.87. The van der Waals surface area contributed by atoms with E-state index in [-0.39, 0.29) is 0 Å². The maximum absolute atomic E-state index is 4.87. The van der Waals surface area contributed by atoms with Crippen LogP contribution in [0.5, 0.6) is 0 Å². The van der Waals surface area contributed by atoms with E-state index in [1.807, 2.05) is 13.8 Å². The van der Waals surface area contributed by atoms with E-state index in [4.69, 9.17) is 4.52 Å². The van der Waals surface area contributed by atoms with Gasteiger partial charge in [0.2, 0.25) is 0 Å². The highest BCUT2D eigenvalue weighted by Gasteiger charge is 2.04. The fourth-order valence-corrected chi connectivity index (χ4v) is 1.74. The predicted octanol–water partition coefficient (Wildman–Crippen LogP) is 3.95. The van der Waals surface area contributed by atoms with Crippen molar-refractivity contribution >= 4 is 11.8 Å². The Labute approximate surface area is 89.1 Å². The van der Waals surface area contributed by atoms with Crippen LogP contribution in [0, 0.1) is 6.92 Å². The number of rotatable bonds is 4. The van der Waals surface area contributed by atoms with Crippen molar-refractivity contribution < 1.29 is 4.52 Å². The zero-order valence-electron chi connectivity index (χ0n) is 8.78. The molecular formula is C11H15NOS. The summed E-state index contributed by atoms with van der Waals surface area (Å²) >= 11 is 1.68. The van der Waals surface area contributed by atoms with E-state index >= 15 is 0 Å². The number of thioether (sulfide) groups is 1. The van der Waals surface area contributed by atoms with Gasteiger partial charge >= 0.3 is 0 Å². The van der Waals surface area contributed by atoms with Gasteiger partial charge in [0.15, 0.2) is 0 Å². The second kappa shape index (κ2) is 5.70. The highest BCUT2D eigenvalue weighted by Crippen LogP contribution is 2.29. The second-order valence-corrected chi connectivity index (χ2v) is 3.98. The Hall–Kier alpha value is -0.960. The molecule has 1 aromatic rings. The van der Waals surface area contributed by atoms with Gasteiger partial charge in [0.25, 0.3) is 0 Å². The van der Waals surface area contributed by atoms with Gasteiger partial charge in [-0.15, -0.1) is 0 Å². The van der Waals surface area contributed by atoms with Crippen molar-refractivity contribution in [3.8, 4) is 0 Å². The first-order chi connectivity index (χ1) is 6.77. The Kier molecular flexibility index (Phi) is 4.53. The largest absolute Gasteiger partial charge is 0.363 e. The summed E-state index contributed by atoms with van der Waals surface area (Å²) in [5.41, 5.74) is 0.944. The maximum atomic E-state index is 4.87. The van der Waals surface area contributed by atoms with E-state index in [0.29, 0.717) is 0 Å². The molecule has 0 aromatic carbocycles. The third-order valence-electron chi connectivity index (χ3n) is 1.74. The van der Waals surface area contributed by atoms with Crippen LogP contribution >= 0.6 is 11.8 Å². The van der Waals surface area contributed by atoms with E-state index in [1.54, 1.807) is 18.0 Å². The zero-order valence-corrected chi connectivity index (χ0v) is 9.60. The third-order valence-corrected chi connectivity index (χ3v) is 2.96. The van der Waals surface area contributed by atoms with Crippen LogP contribution < -0.4 is 0 Å². The van der Waals surface area contributed by atoms with Crippen molar-refractivity contribution in [3.63, 3.8) is 0 Å².